The maximum atomic E-state index is 9.28. The third-order valence-electron chi connectivity index (χ3n) is 3.03. The lowest BCUT2D eigenvalue weighted by molar-refractivity contribution is 0.828. The third-order valence-corrected chi connectivity index (χ3v) is 3.03. The minimum Gasteiger partial charge on any atom is -0.351 e. The molecule has 2 aromatic rings. The van der Waals surface area contributed by atoms with Crippen LogP contribution in [0, 0.1) is 25.2 Å². The van der Waals surface area contributed by atoms with Crippen molar-refractivity contribution < 1.29 is 0 Å². The summed E-state index contributed by atoms with van der Waals surface area (Å²) in [6.45, 7) is 4.33. The van der Waals surface area contributed by atoms with Gasteiger partial charge in [0, 0.05) is 13.2 Å². The molecule has 5 heteroatoms. The molecule has 2 aromatic heterocycles. The fraction of sp³-hybridized carbons (Fsp3) is 0.286. The fourth-order valence-corrected chi connectivity index (χ4v) is 1.81. The fourth-order valence-electron chi connectivity index (χ4n) is 1.81. The van der Waals surface area contributed by atoms with Crippen LogP contribution in [0.25, 0.3) is 0 Å². The van der Waals surface area contributed by atoms with E-state index in [0.717, 1.165) is 17.0 Å². The number of rotatable bonds is 3. The summed E-state index contributed by atoms with van der Waals surface area (Å²) in [4.78, 5) is 6.16. The van der Waals surface area contributed by atoms with Gasteiger partial charge in [0.2, 0.25) is 0 Å². The molecule has 96 valence electrons. The van der Waals surface area contributed by atoms with E-state index >= 15 is 0 Å². The molecule has 5 nitrogen and oxygen atoms in total. The molecule has 0 aliphatic heterocycles. The van der Waals surface area contributed by atoms with Crippen molar-refractivity contribution in [1.29, 1.82) is 5.26 Å². The quantitative estimate of drug-likeness (QED) is 0.837. The number of pyridine rings is 1. The molecule has 0 amide bonds. The Morgan fingerprint density at radius 3 is 2.68 bits per heavy atom. The van der Waals surface area contributed by atoms with Gasteiger partial charge in [-0.1, -0.05) is 6.07 Å². The number of nitriles is 1. The Balaban J connectivity index is 2.32. The second kappa shape index (κ2) is 5.44. The van der Waals surface area contributed by atoms with Crippen molar-refractivity contribution in [3.05, 3.63) is 46.9 Å². The molecule has 0 N–H and O–H groups in total. The Hall–Kier alpha value is -2.48. The first kappa shape index (κ1) is 13.0. The molecule has 19 heavy (non-hydrogen) atoms. The summed E-state index contributed by atoms with van der Waals surface area (Å²) in [6, 6.07) is 7.96. The van der Waals surface area contributed by atoms with E-state index in [1.54, 1.807) is 6.20 Å². The first-order valence-corrected chi connectivity index (χ1v) is 5.98. The molecule has 0 aliphatic carbocycles. The van der Waals surface area contributed by atoms with Crippen molar-refractivity contribution in [1.82, 2.24) is 15.2 Å². The van der Waals surface area contributed by atoms with E-state index in [9.17, 15) is 5.26 Å². The highest BCUT2D eigenvalue weighted by molar-refractivity contribution is 5.57. The van der Waals surface area contributed by atoms with Crippen LogP contribution in [-0.2, 0) is 6.54 Å². The maximum Gasteiger partial charge on any atom is 0.169 e. The monoisotopic (exact) mass is 253 g/mol. The minimum absolute atomic E-state index is 0.575. The predicted octanol–water partition coefficient (Wildman–Crippen LogP) is 2.00. The molecule has 0 bridgehead atoms. The number of hydrogen-bond acceptors (Lipinski definition) is 5. The van der Waals surface area contributed by atoms with Gasteiger partial charge >= 0.3 is 0 Å². The normalized spacial score (nSPS) is 10.0. The molecule has 2 heterocycles. The van der Waals surface area contributed by atoms with Gasteiger partial charge in [0.15, 0.2) is 5.82 Å². The molecule has 0 spiro atoms. The predicted molar refractivity (Wildman–Crippen MR) is 72.6 cm³/mol. The Kier molecular flexibility index (Phi) is 3.71. The lowest BCUT2D eigenvalue weighted by Gasteiger charge is -2.19. The summed E-state index contributed by atoms with van der Waals surface area (Å²) in [5.41, 5.74) is 3.16. The van der Waals surface area contributed by atoms with Crippen molar-refractivity contribution in [3.63, 3.8) is 0 Å². The molecule has 0 atom stereocenters. The summed E-state index contributed by atoms with van der Waals surface area (Å²) >= 11 is 0. The first-order valence-electron chi connectivity index (χ1n) is 5.98. The molecule has 2 rings (SSSR count). The average Bonchev–Trinajstić information content (AvgIpc) is 2.42. The van der Waals surface area contributed by atoms with Gasteiger partial charge in [0.05, 0.1) is 17.9 Å². The van der Waals surface area contributed by atoms with Gasteiger partial charge in [-0.05, 0) is 31.5 Å². The highest BCUT2D eigenvalue weighted by Crippen LogP contribution is 2.21. The van der Waals surface area contributed by atoms with Crippen molar-refractivity contribution in [2.75, 3.05) is 11.9 Å². The van der Waals surface area contributed by atoms with Crippen molar-refractivity contribution in [2.24, 2.45) is 0 Å². The van der Waals surface area contributed by atoms with E-state index in [2.05, 4.69) is 21.3 Å². The Labute approximate surface area is 112 Å². The maximum absolute atomic E-state index is 9.28. The average molecular weight is 253 g/mol. The van der Waals surface area contributed by atoms with Gasteiger partial charge in [0.25, 0.3) is 0 Å². The summed E-state index contributed by atoms with van der Waals surface area (Å²) < 4.78 is 0. The van der Waals surface area contributed by atoms with Crippen LogP contribution in [0.1, 0.15) is 22.5 Å². The summed E-state index contributed by atoms with van der Waals surface area (Å²) in [6.07, 6.45) is 1.75. The SMILES string of the molecule is Cc1nnc(N(C)Cc2ccccn2)c(C#N)c1C. The van der Waals surface area contributed by atoms with Crippen LogP contribution < -0.4 is 4.90 Å². The zero-order chi connectivity index (χ0) is 13.8. The Morgan fingerprint density at radius 1 is 1.26 bits per heavy atom. The Bertz CT molecular complexity index is 616. The van der Waals surface area contributed by atoms with Gasteiger partial charge in [-0.3, -0.25) is 4.98 Å². The standard InChI is InChI=1S/C14H15N5/c1-10-11(2)17-18-14(13(10)8-15)19(3)9-12-6-4-5-7-16-12/h4-7H,9H2,1-3H3. The van der Waals surface area contributed by atoms with E-state index in [4.69, 9.17) is 0 Å². The highest BCUT2D eigenvalue weighted by atomic mass is 15.3. The van der Waals surface area contributed by atoms with Gasteiger partial charge in [-0.2, -0.15) is 10.4 Å². The van der Waals surface area contributed by atoms with Crippen LogP contribution in [0.2, 0.25) is 0 Å². The van der Waals surface area contributed by atoms with Crippen LogP contribution in [0.4, 0.5) is 5.82 Å². The zero-order valence-electron chi connectivity index (χ0n) is 11.3. The van der Waals surface area contributed by atoms with Crippen LogP contribution in [0.15, 0.2) is 24.4 Å². The van der Waals surface area contributed by atoms with Crippen LogP contribution in [-0.4, -0.2) is 22.2 Å². The first-order chi connectivity index (χ1) is 9.13. The third kappa shape index (κ3) is 2.68. The van der Waals surface area contributed by atoms with E-state index < -0.39 is 0 Å². The van der Waals surface area contributed by atoms with Crippen LogP contribution in [0.5, 0.6) is 0 Å². The summed E-state index contributed by atoms with van der Waals surface area (Å²) in [5.74, 6) is 0.594. The molecule has 0 aromatic carbocycles. The molecule has 0 saturated carbocycles. The highest BCUT2D eigenvalue weighted by Gasteiger charge is 2.14. The second-order valence-electron chi connectivity index (χ2n) is 4.40. The number of aromatic nitrogens is 3. The van der Waals surface area contributed by atoms with E-state index in [-0.39, 0.29) is 0 Å². The van der Waals surface area contributed by atoms with Crippen molar-refractivity contribution in [3.8, 4) is 6.07 Å². The molecule has 0 fully saturated rings. The molecular formula is C14H15N5. The molecule has 0 aliphatic rings. The van der Waals surface area contributed by atoms with Gasteiger partial charge in [-0.15, -0.1) is 5.10 Å². The molecular weight excluding hydrogens is 238 g/mol. The number of aryl methyl sites for hydroxylation is 1. The van der Waals surface area contributed by atoms with Crippen molar-refractivity contribution in [2.45, 2.75) is 20.4 Å². The van der Waals surface area contributed by atoms with Gasteiger partial charge in [0.1, 0.15) is 11.6 Å². The topological polar surface area (TPSA) is 65.7 Å². The largest absolute Gasteiger partial charge is 0.351 e. The molecule has 0 saturated heterocycles. The van der Waals surface area contributed by atoms with E-state index in [1.165, 1.54) is 0 Å². The summed E-state index contributed by atoms with van der Waals surface area (Å²) in [7, 11) is 1.88. The second-order valence-corrected chi connectivity index (χ2v) is 4.40. The van der Waals surface area contributed by atoms with E-state index in [1.807, 2.05) is 44.0 Å². The zero-order valence-corrected chi connectivity index (χ0v) is 11.3. The summed E-state index contributed by atoms with van der Waals surface area (Å²) in [5, 5.41) is 17.5. The minimum atomic E-state index is 0.575. The smallest absolute Gasteiger partial charge is 0.169 e. The number of hydrogen-bond donors (Lipinski definition) is 0. The van der Waals surface area contributed by atoms with Gasteiger partial charge in [-0.25, -0.2) is 0 Å². The van der Waals surface area contributed by atoms with Crippen LogP contribution >= 0.6 is 0 Å². The van der Waals surface area contributed by atoms with Crippen LogP contribution in [0.3, 0.4) is 0 Å². The van der Waals surface area contributed by atoms with E-state index in [0.29, 0.717) is 17.9 Å². The Morgan fingerprint density at radius 2 is 2.05 bits per heavy atom. The lowest BCUT2D eigenvalue weighted by atomic mass is 10.1. The molecule has 0 radical (unpaired) electrons. The van der Waals surface area contributed by atoms with Gasteiger partial charge < -0.3 is 4.90 Å². The number of anilines is 1. The molecule has 0 unspecified atom stereocenters. The van der Waals surface area contributed by atoms with Crippen molar-refractivity contribution >= 4 is 5.82 Å². The number of nitrogens with zero attached hydrogens (tertiary/aromatic N) is 5. The lowest BCUT2D eigenvalue weighted by Crippen LogP contribution is -2.21.